The van der Waals surface area contributed by atoms with Crippen molar-refractivity contribution in [3.05, 3.63) is 124 Å². The van der Waals surface area contributed by atoms with Crippen LogP contribution in [-0.2, 0) is 9.59 Å². The Kier molecular flexibility index (Phi) is 8.10. The Morgan fingerprint density at radius 3 is 2.36 bits per heavy atom. The molecule has 39 heavy (non-hydrogen) atoms. The first kappa shape index (κ1) is 26.3. The molecule has 4 aromatic rings. The second-order valence-corrected chi connectivity index (χ2v) is 10.1. The van der Waals surface area contributed by atoms with Crippen LogP contribution >= 0.6 is 23.4 Å². The quantitative estimate of drug-likeness (QED) is 0.241. The molecule has 0 unspecified atom stereocenters. The van der Waals surface area contributed by atoms with Crippen molar-refractivity contribution in [2.75, 3.05) is 16.8 Å². The van der Waals surface area contributed by atoms with Crippen LogP contribution in [0.1, 0.15) is 11.1 Å². The van der Waals surface area contributed by atoms with E-state index in [1.807, 2.05) is 91.9 Å². The fourth-order valence-corrected chi connectivity index (χ4v) is 4.98. The number of nitrogens with one attached hydrogen (secondary N) is 1. The molecule has 0 saturated carbocycles. The summed E-state index contributed by atoms with van der Waals surface area (Å²) in [6, 6.07) is 31.6. The monoisotopic (exact) mass is 553 g/mol. The molecule has 0 atom stereocenters. The first-order chi connectivity index (χ1) is 19.0. The fraction of sp³-hybridized carbons (Fsp3) is 0.0645. The smallest absolute Gasteiger partial charge is 0.271 e. The van der Waals surface area contributed by atoms with Crippen molar-refractivity contribution in [3.8, 4) is 5.75 Å². The van der Waals surface area contributed by atoms with Crippen LogP contribution in [0.25, 0.3) is 6.08 Å². The third-order valence-corrected chi connectivity index (χ3v) is 7.18. The third kappa shape index (κ3) is 6.57. The minimum atomic E-state index is -0.291. The number of ether oxygens (including phenoxy) is 1. The van der Waals surface area contributed by atoms with Gasteiger partial charge in [-0.25, -0.2) is 4.99 Å². The highest BCUT2D eigenvalue weighted by molar-refractivity contribution is 8.19. The molecule has 4 aromatic carbocycles. The number of hydrogen-bond acceptors (Lipinski definition) is 5. The van der Waals surface area contributed by atoms with Crippen LogP contribution < -0.4 is 15.0 Å². The van der Waals surface area contributed by atoms with Crippen LogP contribution in [-0.4, -0.2) is 23.6 Å². The number of carbonyl (C=O) groups is 2. The third-order valence-electron chi connectivity index (χ3n) is 5.81. The molecule has 1 aliphatic heterocycles. The average molecular weight is 554 g/mol. The zero-order valence-corrected chi connectivity index (χ0v) is 22.6. The van der Waals surface area contributed by atoms with Gasteiger partial charge in [-0.2, -0.15) is 0 Å². The van der Waals surface area contributed by atoms with Gasteiger partial charge in [0.05, 0.1) is 16.3 Å². The first-order valence-electron chi connectivity index (χ1n) is 12.2. The first-order valence-corrected chi connectivity index (χ1v) is 13.4. The van der Waals surface area contributed by atoms with E-state index in [0.717, 1.165) is 22.5 Å². The lowest BCUT2D eigenvalue weighted by Gasteiger charge is -2.15. The molecule has 2 amide bonds. The maximum Gasteiger partial charge on any atom is 0.271 e. The summed E-state index contributed by atoms with van der Waals surface area (Å²) < 4.78 is 5.63. The molecule has 0 bridgehead atoms. The minimum absolute atomic E-state index is 0.144. The zero-order valence-electron chi connectivity index (χ0n) is 21.0. The van der Waals surface area contributed by atoms with Crippen LogP contribution in [0, 0.1) is 6.92 Å². The molecule has 0 aliphatic carbocycles. The SMILES string of the molecule is Cc1ccc(NC(=O)COc2ccc(/C=C3\SC(=Nc4ccccc4)N(c4ccccc4)C3=O)cc2)cc1Cl. The number of anilines is 2. The fourth-order valence-electron chi connectivity index (χ4n) is 3.79. The number of thioether (sulfide) groups is 1. The summed E-state index contributed by atoms with van der Waals surface area (Å²) in [5.41, 5.74) is 3.89. The lowest BCUT2D eigenvalue weighted by Crippen LogP contribution is -2.28. The topological polar surface area (TPSA) is 71.0 Å². The van der Waals surface area contributed by atoms with Crippen molar-refractivity contribution in [3.63, 3.8) is 0 Å². The molecule has 0 aromatic heterocycles. The predicted molar refractivity (Wildman–Crippen MR) is 160 cm³/mol. The second-order valence-electron chi connectivity index (χ2n) is 8.69. The molecule has 1 N–H and O–H groups in total. The van der Waals surface area contributed by atoms with E-state index in [1.165, 1.54) is 11.8 Å². The van der Waals surface area contributed by atoms with E-state index in [1.54, 1.807) is 29.2 Å². The lowest BCUT2D eigenvalue weighted by atomic mass is 10.2. The molecule has 5 rings (SSSR count). The highest BCUT2D eigenvalue weighted by atomic mass is 35.5. The zero-order chi connectivity index (χ0) is 27.2. The summed E-state index contributed by atoms with van der Waals surface area (Å²) in [6.07, 6.45) is 1.83. The van der Waals surface area contributed by atoms with Crippen molar-refractivity contribution in [2.24, 2.45) is 4.99 Å². The van der Waals surface area contributed by atoms with E-state index < -0.39 is 0 Å². The number of aryl methyl sites for hydroxylation is 1. The minimum Gasteiger partial charge on any atom is -0.484 e. The maximum absolute atomic E-state index is 13.4. The molecule has 0 spiro atoms. The summed E-state index contributed by atoms with van der Waals surface area (Å²) in [5.74, 6) is 0.103. The van der Waals surface area contributed by atoms with E-state index in [2.05, 4.69) is 5.32 Å². The van der Waals surface area contributed by atoms with Gasteiger partial charge in [-0.15, -0.1) is 0 Å². The summed E-state index contributed by atoms with van der Waals surface area (Å²) >= 11 is 7.45. The average Bonchev–Trinajstić information content (AvgIpc) is 3.25. The number of halogens is 1. The van der Waals surface area contributed by atoms with Crippen LogP contribution in [0.3, 0.4) is 0 Å². The van der Waals surface area contributed by atoms with Crippen LogP contribution in [0.4, 0.5) is 17.1 Å². The lowest BCUT2D eigenvalue weighted by molar-refractivity contribution is -0.118. The van der Waals surface area contributed by atoms with Crippen LogP contribution in [0.15, 0.2) is 113 Å². The van der Waals surface area contributed by atoms with E-state index in [0.29, 0.717) is 26.5 Å². The van der Waals surface area contributed by atoms with Gasteiger partial charge in [0, 0.05) is 10.7 Å². The highest BCUT2D eigenvalue weighted by Crippen LogP contribution is 2.37. The Hall–Kier alpha value is -4.33. The van der Waals surface area contributed by atoms with Gasteiger partial charge in [0.2, 0.25) is 0 Å². The van der Waals surface area contributed by atoms with Gasteiger partial charge < -0.3 is 10.1 Å². The van der Waals surface area contributed by atoms with Crippen LogP contribution in [0.2, 0.25) is 5.02 Å². The maximum atomic E-state index is 13.4. The van der Waals surface area contributed by atoms with E-state index in [-0.39, 0.29) is 18.4 Å². The van der Waals surface area contributed by atoms with Gasteiger partial charge >= 0.3 is 0 Å². The van der Waals surface area contributed by atoms with Gasteiger partial charge in [-0.1, -0.05) is 66.2 Å². The Labute approximate surface area is 236 Å². The molecule has 0 radical (unpaired) electrons. The molecule has 1 fully saturated rings. The Balaban J connectivity index is 1.28. The van der Waals surface area contributed by atoms with Gasteiger partial charge in [0.1, 0.15) is 5.75 Å². The number of carbonyl (C=O) groups excluding carboxylic acids is 2. The number of benzene rings is 4. The summed E-state index contributed by atoms with van der Waals surface area (Å²) in [7, 11) is 0. The number of rotatable bonds is 7. The molecule has 8 heteroatoms. The Morgan fingerprint density at radius 2 is 1.67 bits per heavy atom. The normalized spacial score (nSPS) is 15.1. The van der Waals surface area contributed by atoms with Gasteiger partial charge in [-0.3, -0.25) is 14.5 Å². The standard InChI is InChI=1S/C31H24ClN3O3S/c1-21-12-15-24(19-27(21)32)33-29(36)20-38-26-16-13-22(14-17-26)18-28-30(37)35(25-10-6-3-7-11-25)31(39-28)34-23-8-4-2-5-9-23/h2-19H,20H2,1H3,(H,33,36)/b28-18-,34-31?. The molecular formula is C31H24ClN3O3S. The molecule has 194 valence electrons. The van der Waals surface area contributed by atoms with E-state index >= 15 is 0 Å². The molecule has 6 nitrogen and oxygen atoms in total. The Bertz CT molecular complexity index is 1560. The van der Waals surface area contributed by atoms with Crippen LogP contribution in [0.5, 0.6) is 5.75 Å². The summed E-state index contributed by atoms with van der Waals surface area (Å²) in [6.45, 7) is 1.75. The number of para-hydroxylation sites is 2. The highest BCUT2D eigenvalue weighted by Gasteiger charge is 2.34. The molecule has 1 saturated heterocycles. The largest absolute Gasteiger partial charge is 0.484 e. The van der Waals surface area contributed by atoms with E-state index in [4.69, 9.17) is 21.3 Å². The summed E-state index contributed by atoms with van der Waals surface area (Å²) in [4.78, 5) is 32.6. The van der Waals surface area contributed by atoms with Crippen molar-refractivity contribution < 1.29 is 14.3 Å². The van der Waals surface area contributed by atoms with Gasteiger partial charge in [-0.05, 0) is 84.4 Å². The number of hydrogen-bond donors (Lipinski definition) is 1. The predicted octanol–water partition coefficient (Wildman–Crippen LogP) is 7.47. The van der Waals surface area contributed by atoms with Gasteiger partial charge in [0.25, 0.3) is 11.8 Å². The second kappa shape index (κ2) is 12.0. The molecule has 1 aliphatic rings. The number of amides is 2. The number of amidine groups is 1. The Morgan fingerprint density at radius 1 is 0.974 bits per heavy atom. The van der Waals surface area contributed by atoms with E-state index in [9.17, 15) is 9.59 Å². The van der Waals surface area contributed by atoms with Crippen molar-refractivity contribution in [1.82, 2.24) is 0 Å². The van der Waals surface area contributed by atoms with Crippen molar-refractivity contribution in [1.29, 1.82) is 0 Å². The van der Waals surface area contributed by atoms with Crippen molar-refractivity contribution >= 4 is 63.5 Å². The summed E-state index contributed by atoms with van der Waals surface area (Å²) in [5, 5.41) is 3.94. The number of nitrogens with zero attached hydrogens (tertiary/aromatic N) is 2. The number of aliphatic imine (C=N–C) groups is 1. The van der Waals surface area contributed by atoms with Crippen molar-refractivity contribution in [2.45, 2.75) is 6.92 Å². The van der Waals surface area contributed by atoms with Gasteiger partial charge in [0.15, 0.2) is 11.8 Å². The molecule has 1 heterocycles. The molecular weight excluding hydrogens is 530 g/mol.